The quantitative estimate of drug-likeness (QED) is 0.466. The predicted molar refractivity (Wildman–Crippen MR) is 95.4 cm³/mol. The van der Waals surface area contributed by atoms with Gasteiger partial charge in [0.25, 0.3) is 0 Å². The maximum absolute atomic E-state index is 5.01. The number of hydrogen-bond acceptors (Lipinski definition) is 3. The van der Waals surface area contributed by atoms with Crippen molar-refractivity contribution in [2.75, 3.05) is 34.3 Å². The molecule has 0 saturated carbocycles. The Hall–Kier alpha value is -1.22. The van der Waals surface area contributed by atoms with Gasteiger partial charge in [-0.05, 0) is 46.0 Å². The van der Waals surface area contributed by atoms with Gasteiger partial charge in [0.2, 0.25) is 0 Å². The third kappa shape index (κ3) is 9.35. The van der Waals surface area contributed by atoms with Crippen LogP contribution >= 0.6 is 0 Å². The highest BCUT2D eigenvalue weighted by atomic mass is 16.5. The summed E-state index contributed by atoms with van der Waals surface area (Å²) in [7, 11) is 5.84. The van der Waals surface area contributed by atoms with Gasteiger partial charge in [-0.2, -0.15) is 0 Å². The van der Waals surface area contributed by atoms with Crippen LogP contribution < -0.4 is 0 Å². The normalized spacial score (nSPS) is 11.1. The monoisotopic (exact) mass is 296 g/mol. The fourth-order valence-electron chi connectivity index (χ4n) is 1.99. The zero-order valence-electron chi connectivity index (χ0n) is 15.5. The van der Waals surface area contributed by atoms with Crippen LogP contribution in [0.2, 0.25) is 0 Å². The third-order valence-corrected chi connectivity index (χ3v) is 3.32. The minimum atomic E-state index is 0.0275. The van der Waals surface area contributed by atoms with Gasteiger partial charge in [0.05, 0.1) is 7.11 Å². The Morgan fingerprint density at radius 3 is 2.10 bits per heavy atom. The summed E-state index contributed by atoms with van der Waals surface area (Å²) < 4.78 is 5.01. The summed E-state index contributed by atoms with van der Waals surface area (Å²) in [5.41, 5.74) is 0.979. The maximum Gasteiger partial charge on any atom is 0.111 e. The first-order valence-corrected chi connectivity index (χ1v) is 7.76. The van der Waals surface area contributed by atoms with Crippen LogP contribution in [0.25, 0.3) is 0 Å². The van der Waals surface area contributed by atoms with Gasteiger partial charge in [-0.1, -0.05) is 33.9 Å². The Balaban J connectivity index is 0. The molecule has 0 aliphatic heterocycles. The molecular formula is C18H36N2O. The lowest BCUT2D eigenvalue weighted by Crippen LogP contribution is -2.48. The number of allylic oxidation sites excluding steroid dienone is 2. The van der Waals surface area contributed by atoms with E-state index in [0.717, 1.165) is 18.8 Å². The Morgan fingerprint density at radius 1 is 1.14 bits per heavy atom. The van der Waals surface area contributed by atoms with Crippen LogP contribution in [-0.4, -0.2) is 49.6 Å². The summed E-state index contributed by atoms with van der Waals surface area (Å²) >= 11 is 0. The number of likely N-dealkylation sites (N-methyl/N-ethyl adjacent to an activating group) is 2. The van der Waals surface area contributed by atoms with Gasteiger partial charge in [-0.3, -0.25) is 0 Å². The van der Waals surface area contributed by atoms with E-state index in [9.17, 15) is 0 Å². The molecule has 0 heterocycles. The molecule has 0 atom stereocenters. The van der Waals surface area contributed by atoms with Crippen molar-refractivity contribution in [3.8, 4) is 0 Å². The van der Waals surface area contributed by atoms with Crippen LogP contribution in [0.4, 0.5) is 0 Å². The first-order chi connectivity index (χ1) is 9.74. The van der Waals surface area contributed by atoms with Gasteiger partial charge in [0, 0.05) is 24.8 Å². The van der Waals surface area contributed by atoms with Gasteiger partial charge in [-0.15, -0.1) is 0 Å². The maximum atomic E-state index is 5.01. The molecular weight excluding hydrogens is 260 g/mol. The van der Waals surface area contributed by atoms with Gasteiger partial charge >= 0.3 is 0 Å². The highest BCUT2D eigenvalue weighted by Gasteiger charge is 2.25. The third-order valence-electron chi connectivity index (χ3n) is 3.32. The van der Waals surface area contributed by atoms with Crippen molar-refractivity contribution in [3.63, 3.8) is 0 Å². The largest absolute Gasteiger partial charge is 0.497 e. The second-order valence-corrected chi connectivity index (χ2v) is 5.60. The average molecular weight is 296 g/mol. The van der Waals surface area contributed by atoms with Crippen LogP contribution in [0.1, 0.15) is 41.0 Å². The first kappa shape index (κ1) is 22.1. The van der Waals surface area contributed by atoms with Crippen LogP contribution in [0.5, 0.6) is 0 Å². The summed E-state index contributed by atoms with van der Waals surface area (Å²) in [6, 6.07) is 0. The molecule has 0 aromatic rings. The molecule has 0 radical (unpaired) electrons. The zero-order valence-corrected chi connectivity index (χ0v) is 15.5. The van der Waals surface area contributed by atoms with E-state index in [0.29, 0.717) is 5.76 Å². The lowest BCUT2D eigenvalue weighted by molar-refractivity contribution is 0.144. The molecule has 0 amide bonds. The van der Waals surface area contributed by atoms with E-state index in [1.165, 1.54) is 6.42 Å². The molecule has 0 aromatic carbocycles. The Kier molecular flexibility index (Phi) is 12.0. The highest BCUT2D eigenvalue weighted by Crippen LogP contribution is 2.19. The molecule has 0 spiro atoms. The smallest absolute Gasteiger partial charge is 0.111 e. The summed E-state index contributed by atoms with van der Waals surface area (Å²) in [5, 5.41) is 0. The van der Waals surface area contributed by atoms with Crippen LogP contribution in [-0.2, 0) is 4.74 Å². The molecule has 21 heavy (non-hydrogen) atoms. The second kappa shape index (κ2) is 11.4. The van der Waals surface area contributed by atoms with Crippen molar-refractivity contribution < 1.29 is 4.74 Å². The summed E-state index contributed by atoms with van der Waals surface area (Å²) in [6.45, 7) is 20.6. The number of ether oxygens (including phenoxy) is 1. The molecule has 0 aliphatic carbocycles. The van der Waals surface area contributed by atoms with Crippen molar-refractivity contribution >= 4 is 0 Å². The van der Waals surface area contributed by atoms with Crippen molar-refractivity contribution in [1.29, 1.82) is 0 Å². The van der Waals surface area contributed by atoms with Crippen LogP contribution in [0.15, 0.2) is 36.8 Å². The summed E-state index contributed by atoms with van der Waals surface area (Å²) in [5.74, 6) is 0.635. The molecule has 0 fully saturated rings. The van der Waals surface area contributed by atoms with E-state index >= 15 is 0 Å². The molecule has 0 N–H and O–H groups in total. The lowest BCUT2D eigenvalue weighted by Gasteiger charge is -2.40. The fourth-order valence-corrected chi connectivity index (χ4v) is 1.99. The first-order valence-electron chi connectivity index (χ1n) is 7.76. The SMILES string of the molecule is C=C(/C=C\C(=C)N(C)C(C)(C)CN(C)CCC)OC.CC. The molecule has 0 aliphatic rings. The molecule has 0 saturated heterocycles. The number of nitrogens with zero attached hydrogens (tertiary/aromatic N) is 2. The van der Waals surface area contributed by atoms with Crippen molar-refractivity contribution in [2.45, 2.75) is 46.6 Å². The summed E-state index contributed by atoms with van der Waals surface area (Å²) in [4.78, 5) is 4.54. The Morgan fingerprint density at radius 2 is 1.67 bits per heavy atom. The van der Waals surface area contributed by atoms with Crippen molar-refractivity contribution in [1.82, 2.24) is 9.80 Å². The average Bonchev–Trinajstić information content (AvgIpc) is 2.45. The number of methoxy groups -OCH3 is 1. The van der Waals surface area contributed by atoms with Crippen molar-refractivity contribution in [2.24, 2.45) is 0 Å². The van der Waals surface area contributed by atoms with E-state index in [1.54, 1.807) is 7.11 Å². The van der Waals surface area contributed by atoms with Gasteiger partial charge in [0.1, 0.15) is 5.76 Å². The van der Waals surface area contributed by atoms with E-state index in [1.807, 2.05) is 26.0 Å². The van der Waals surface area contributed by atoms with Gasteiger partial charge in [0.15, 0.2) is 0 Å². The van der Waals surface area contributed by atoms with Gasteiger partial charge < -0.3 is 14.5 Å². The Labute approximate surface area is 133 Å². The van der Waals surface area contributed by atoms with E-state index in [4.69, 9.17) is 4.74 Å². The van der Waals surface area contributed by atoms with E-state index in [2.05, 4.69) is 57.8 Å². The molecule has 124 valence electrons. The Bertz CT molecular complexity index is 332. The summed E-state index contributed by atoms with van der Waals surface area (Å²) in [6.07, 6.45) is 4.95. The zero-order chi connectivity index (χ0) is 17.1. The van der Waals surface area contributed by atoms with E-state index in [-0.39, 0.29) is 5.54 Å². The minimum absolute atomic E-state index is 0.0275. The minimum Gasteiger partial charge on any atom is -0.497 e. The molecule has 0 bridgehead atoms. The second-order valence-electron chi connectivity index (χ2n) is 5.60. The molecule has 0 unspecified atom stereocenters. The lowest BCUT2D eigenvalue weighted by atomic mass is 10.0. The number of rotatable bonds is 9. The topological polar surface area (TPSA) is 15.7 Å². The predicted octanol–water partition coefficient (Wildman–Crippen LogP) is 4.29. The fraction of sp³-hybridized carbons (Fsp3) is 0.667. The van der Waals surface area contributed by atoms with Crippen LogP contribution in [0.3, 0.4) is 0 Å². The van der Waals surface area contributed by atoms with Crippen molar-refractivity contribution in [3.05, 3.63) is 36.8 Å². The molecule has 0 rings (SSSR count). The molecule has 0 aromatic heterocycles. The van der Waals surface area contributed by atoms with Gasteiger partial charge in [-0.25, -0.2) is 0 Å². The standard InChI is InChI=1S/C16H30N2O.C2H6/c1-9-12-17(6)13-16(4,5)18(7)14(2)10-11-15(3)19-8;1-2/h10-11H,2-3,9,12-13H2,1,4-8H3;1-2H3/b11-10-;. The highest BCUT2D eigenvalue weighted by molar-refractivity contribution is 5.21. The molecule has 3 nitrogen and oxygen atoms in total. The van der Waals surface area contributed by atoms with E-state index < -0.39 is 0 Å². The van der Waals surface area contributed by atoms with Crippen LogP contribution in [0, 0.1) is 0 Å². The number of hydrogen-bond donors (Lipinski definition) is 0. The molecule has 3 heteroatoms.